The molecule has 0 spiro atoms. The monoisotopic (exact) mass is 363 g/mol. The molecule has 5 heteroatoms. The number of aromatic nitrogens is 1. The largest absolute Gasteiger partial charge is 0.493 e. The molecule has 4 aromatic rings. The summed E-state index contributed by atoms with van der Waals surface area (Å²) >= 11 is 0. The molecule has 5 nitrogen and oxygen atoms in total. The van der Waals surface area contributed by atoms with E-state index in [1.807, 2.05) is 51.1 Å². The summed E-state index contributed by atoms with van der Waals surface area (Å²) in [5, 5.41) is 21.7. The van der Waals surface area contributed by atoms with E-state index < -0.39 is 6.29 Å². The Hall–Kier alpha value is -2.89. The third kappa shape index (κ3) is 2.67. The standard InChI is InChI=1S/C22H21NO4/c1-11-8-9-12(2)19-18(11)15(22(24)25)10-16(23-19)20-13(3)14-6-5-7-17(26-4)21(14)27-20/h5-10,22,24-25H,1-4H3. The molecule has 2 N–H and O–H groups in total. The number of rotatable bonds is 3. The van der Waals surface area contributed by atoms with Gasteiger partial charge < -0.3 is 19.4 Å². The minimum Gasteiger partial charge on any atom is -0.493 e. The first-order chi connectivity index (χ1) is 12.9. The highest BCUT2D eigenvalue weighted by Crippen LogP contribution is 2.39. The van der Waals surface area contributed by atoms with Crippen LogP contribution < -0.4 is 4.74 Å². The molecule has 2 heterocycles. The van der Waals surface area contributed by atoms with Crippen LogP contribution in [0.3, 0.4) is 0 Å². The van der Waals surface area contributed by atoms with Gasteiger partial charge in [0.2, 0.25) is 0 Å². The van der Waals surface area contributed by atoms with Crippen LogP contribution in [-0.4, -0.2) is 22.3 Å². The molecule has 0 saturated carbocycles. The van der Waals surface area contributed by atoms with Crippen LogP contribution in [-0.2, 0) is 0 Å². The van der Waals surface area contributed by atoms with Gasteiger partial charge in [0.15, 0.2) is 23.4 Å². The average molecular weight is 363 g/mol. The molecule has 0 aliphatic rings. The third-order valence-electron chi connectivity index (χ3n) is 5.06. The van der Waals surface area contributed by atoms with Crippen molar-refractivity contribution in [3.8, 4) is 17.2 Å². The second-order valence-corrected chi connectivity index (χ2v) is 6.79. The molecule has 2 aromatic heterocycles. The van der Waals surface area contributed by atoms with Crippen molar-refractivity contribution < 1.29 is 19.4 Å². The highest BCUT2D eigenvalue weighted by molar-refractivity contribution is 5.94. The Bertz CT molecular complexity index is 1170. The predicted molar refractivity (Wildman–Crippen MR) is 105 cm³/mol. The zero-order chi connectivity index (χ0) is 19.3. The summed E-state index contributed by atoms with van der Waals surface area (Å²) in [4.78, 5) is 4.80. The van der Waals surface area contributed by atoms with E-state index in [0.29, 0.717) is 28.4 Å². The van der Waals surface area contributed by atoms with E-state index in [1.165, 1.54) is 0 Å². The molecule has 0 radical (unpaired) electrons. The van der Waals surface area contributed by atoms with Gasteiger partial charge in [0.25, 0.3) is 0 Å². The Morgan fingerprint density at radius 1 is 1.04 bits per heavy atom. The number of pyridine rings is 1. The quantitative estimate of drug-likeness (QED) is 0.522. The lowest BCUT2D eigenvalue weighted by molar-refractivity contribution is -0.0413. The zero-order valence-electron chi connectivity index (χ0n) is 15.7. The van der Waals surface area contributed by atoms with Crippen LogP contribution in [0, 0.1) is 20.8 Å². The van der Waals surface area contributed by atoms with Gasteiger partial charge in [-0.25, -0.2) is 4.98 Å². The summed E-state index contributed by atoms with van der Waals surface area (Å²) in [5.74, 6) is 1.25. The maximum Gasteiger partial charge on any atom is 0.179 e. The molecule has 2 aromatic carbocycles. The molecule has 0 aliphatic carbocycles. The van der Waals surface area contributed by atoms with Crippen molar-refractivity contribution in [3.63, 3.8) is 0 Å². The van der Waals surface area contributed by atoms with E-state index in [2.05, 4.69) is 0 Å². The Labute approximate surface area is 156 Å². The first kappa shape index (κ1) is 17.5. The van der Waals surface area contributed by atoms with Gasteiger partial charge in [0.05, 0.1) is 12.6 Å². The number of nitrogens with zero attached hydrogens (tertiary/aromatic N) is 1. The second-order valence-electron chi connectivity index (χ2n) is 6.79. The molecule has 4 rings (SSSR count). The van der Waals surface area contributed by atoms with Crippen LogP contribution in [0.25, 0.3) is 33.3 Å². The summed E-state index contributed by atoms with van der Waals surface area (Å²) in [6.07, 6.45) is -1.60. The Morgan fingerprint density at radius 2 is 1.78 bits per heavy atom. The summed E-state index contributed by atoms with van der Waals surface area (Å²) in [5.41, 5.74) is 5.22. The van der Waals surface area contributed by atoms with Gasteiger partial charge in [-0.1, -0.05) is 24.3 Å². The van der Waals surface area contributed by atoms with Crippen molar-refractivity contribution in [2.45, 2.75) is 27.1 Å². The molecule has 0 saturated heterocycles. The zero-order valence-corrected chi connectivity index (χ0v) is 15.7. The lowest BCUT2D eigenvalue weighted by atomic mass is 9.98. The molecule has 0 unspecified atom stereocenters. The normalized spacial score (nSPS) is 11.7. The lowest BCUT2D eigenvalue weighted by Crippen LogP contribution is -2.01. The van der Waals surface area contributed by atoms with Crippen molar-refractivity contribution in [1.82, 2.24) is 4.98 Å². The summed E-state index contributed by atoms with van der Waals surface area (Å²) in [6, 6.07) is 11.4. The first-order valence-electron chi connectivity index (χ1n) is 8.75. The molecule has 0 amide bonds. The molecule has 0 atom stereocenters. The van der Waals surface area contributed by atoms with E-state index in [4.69, 9.17) is 14.1 Å². The number of aliphatic hydroxyl groups excluding tert-OH is 1. The third-order valence-corrected chi connectivity index (χ3v) is 5.06. The molecule has 0 fully saturated rings. The van der Waals surface area contributed by atoms with Gasteiger partial charge in [0, 0.05) is 21.9 Å². The van der Waals surface area contributed by atoms with Crippen LogP contribution >= 0.6 is 0 Å². The van der Waals surface area contributed by atoms with E-state index in [0.717, 1.165) is 33.0 Å². The Morgan fingerprint density at radius 3 is 2.48 bits per heavy atom. The average Bonchev–Trinajstić information content (AvgIpc) is 3.01. The van der Waals surface area contributed by atoms with Crippen LogP contribution in [0.4, 0.5) is 0 Å². The van der Waals surface area contributed by atoms with Crippen molar-refractivity contribution in [1.29, 1.82) is 0 Å². The van der Waals surface area contributed by atoms with Crippen LogP contribution in [0.2, 0.25) is 0 Å². The number of aliphatic hydroxyl groups is 2. The van der Waals surface area contributed by atoms with Crippen molar-refractivity contribution in [2.24, 2.45) is 0 Å². The fraction of sp³-hybridized carbons (Fsp3) is 0.227. The molecular formula is C22H21NO4. The van der Waals surface area contributed by atoms with Gasteiger partial charge in [-0.3, -0.25) is 0 Å². The number of ether oxygens (including phenoxy) is 1. The van der Waals surface area contributed by atoms with Gasteiger partial charge in [0.1, 0.15) is 5.69 Å². The van der Waals surface area contributed by atoms with E-state index in [9.17, 15) is 10.2 Å². The Kier molecular flexibility index (Phi) is 4.13. The molecule has 138 valence electrons. The maximum atomic E-state index is 9.98. The maximum absolute atomic E-state index is 9.98. The number of aryl methyl sites for hydroxylation is 3. The van der Waals surface area contributed by atoms with Crippen molar-refractivity contribution in [2.75, 3.05) is 7.11 Å². The van der Waals surface area contributed by atoms with Crippen molar-refractivity contribution >= 4 is 21.9 Å². The van der Waals surface area contributed by atoms with E-state index in [1.54, 1.807) is 13.2 Å². The molecule has 0 bridgehead atoms. The highest BCUT2D eigenvalue weighted by atomic mass is 16.5. The van der Waals surface area contributed by atoms with Gasteiger partial charge in [-0.05, 0) is 44.0 Å². The van der Waals surface area contributed by atoms with Crippen LogP contribution in [0.1, 0.15) is 28.5 Å². The number of para-hydroxylation sites is 1. The number of hydrogen-bond donors (Lipinski definition) is 2. The number of furan rings is 1. The molecule has 27 heavy (non-hydrogen) atoms. The fourth-order valence-corrected chi connectivity index (χ4v) is 3.62. The lowest BCUT2D eigenvalue weighted by Gasteiger charge is -2.14. The minimum absolute atomic E-state index is 0.419. The number of methoxy groups -OCH3 is 1. The van der Waals surface area contributed by atoms with E-state index in [-0.39, 0.29) is 0 Å². The van der Waals surface area contributed by atoms with Crippen molar-refractivity contribution in [3.05, 3.63) is 58.7 Å². The molecular weight excluding hydrogens is 342 g/mol. The summed E-state index contributed by atoms with van der Waals surface area (Å²) in [6.45, 7) is 5.86. The second kappa shape index (κ2) is 6.37. The summed E-state index contributed by atoms with van der Waals surface area (Å²) in [7, 11) is 1.60. The smallest absolute Gasteiger partial charge is 0.179 e. The SMILES string of the molecule is COc1cccc2c(C)c(-c3cc(C(O)O)c4c(C)ccc(C)c4n3)oc12. The number of benzene rings is 2. The van der Waals surface area contributed by atoms with Crippen LogP contribution in [0.5, 0.6) is 5.75 Å². The van der Waals surface area contributed by atoms with Crippen LogP contribution in [0.15, 0.2) is 40.8 Å². The Balaban J connectivity index is 2.07. The molecule has 0 aliphatic heterocycles. The van der Waals surface area contributed by atoms with E-state index >= 15 is 0 Å². The van der Waals surface area contributed by atoms with Gasteiger partial charge in [-0.2, -0.15) is 0 Å². The predicted octanol–water partition coefficient (Wildman–Crippen LogP) is 4.57. The number of fused-ring (bicyclic) bond motifs is 2. The number of hydrogen-bond acceptors (Lipinski definition) is 5. The topological polar surface area (TPSA) is 75.7 Å². The highest BCUT2D eigenvalue weighted by Gasteiger charge is 2.20. The summed E-state index contributed by atoms with van der Waals surface area (Å²) < 4.78 is 11.5. The van der Waals surface area contributed by atoms with Gasteiger partial charge in [-0.15, -0.1) is 0 Å². The first-order valence-corrected chi connectivity index (χ1v) is 8.75. The minimum atomic E-state index is -1.60. The van der Waals surface area contributed by atoms with Gasteiger partial charge >= 0.3 is 0 Å². The fourth-order valence-electron chi connectivity index (χ4n) is 3.62.